The van der Waals surface area contributed by atoms with Crippen molar-refractivity contribution in [3.8, 4) is 0 Å². The predicted molar refractivity (Wildman–Crippen MR) is 88.4 cm³/mol. The van der Waals surface area contributed by atoms with Crippen molar-refractivity contribution in [1.82, 2.24) is 29.3 Å². The summed E-state index contributed by atoms with van der Waals surface area (Å²) in [7, 11) is 0. The van der Waals surface area contributed by atoms with Gasteiger partial charge in [-0.15, -0.1) is 5.10 Å². The molecule has 2 aliphatic rings. The SMILES string of the molecule is O=C(c1cn2cc(Cl)ccc2n1)N1CC[C@H]2[C@H](C1)OCc1cnnn12. The Morgan fingerprint density at radius 3 is 3.16 bits per heavy atom. The maximum Gasteiger partial charge on any atom is 0.274 e. The van der Waals surface area contributed by atoms with Gasteiger partial charge in [-0.25, -0.2) is 9.67 Å². The lowest BCUT2D eigenvalue weighted by Gasteiger charge is -2.40. The number of carbonyl (C=O) groups is 1. The van der Waals surface area contributed by atoms with Crippen molar-refractivity contribution in [2.24, 2.45) is 0 Å². The minimum absolute atomic E-state index is 0.0709. The van der Waals surface area contributed by atoms with Crippen molar-refractivity contribution in [2.45, 2.75) is 25.2 Å². The zero-order valence-corrected chi connectivity index (χ0v) is 14.0. The third-order valence-electron chi connectivity index (χ3n) is 4.85. The van der Waals surface area contributed by atoms with Gasteiger partial charge in [-0.05, 0) is 18.6 Å². The second-order valence-electron chi connectivity index (χ2n) is 6.37. The zero-order chi connectivity index (χ0) is 17.0. The third-order valence-corrected chi connectivity index (χ3v) is 5.08. The molecule has 0 bridgehead atoms. The molecule has 0 saturated carbocycles. The molecule has 1 amide bonds. The Hall–Kier alpha value is -2.45. The van der Waals surface area contributed by atoms with E-state index in [2.05, 4.69) is 15.3 Å². The zero-order valence-electron chi connectivity index (χ0n) is 13.2. The Morgan fingerprint density at radius 2 is 2.24 bits per heavy atom. The Labute approximate surface area is 148 Å². The molecular formula is C16H15ClN6O2. The highest BCUT2D eigenvalue weighted by molar-refractivity contribution is 6.30. The van der Waals surface area contributed by atoms with Crippen LogP contribution in [0.25, 0.3) is 5.65 Å². The molecule has 0 aromatic carbocycles. The summed E-state index contributed by atoms with van der Waals surface area (Å²) in [5, 5.41) is 8.72. The highest BCUT2D eigenvalue weighted by Gasteiger charge is 2.38. The van der Waals surface area contributed by atoms with E-state index in [4.69, 9.17) is 16.3 Å². The van der Waals surface area contributed by atoms with Gasteiger partial charge in [0, 0.05) is 25.5 Å². The Kier molecular flexibility index (Phi) is 3.29. The molecule has 2 atom stereocenters. The summed E-state index contributed by atoms with van der Waals surface area (Å²) in [6, 6.07) is 3.69. The van der Waals surface area contributed by atoms with Crippen LogP contribution in [0.2, 0.25) is 5.02 Å². The molecule has 5 heterocycles. The number of ether oxygens (including phenoxy) is 1. The molecule has 0 unspecified atom stereocenters. The molecule has 9 heteroatoms. The number of hydrogen-bond acceptors (Lipinski definition) is 5. The predicted octanol–water partition coefficient (Wildman–Crippen LogP) is 1.57. The Balaban J connectivity index is 1.38. The van der Waals surface area contributed by atoms with Gasteiger partial charge in [-0.2, -0.15) is 0 Å². The number of rotatable bonds is 1. The van der Waals surface area contributed by atoms with Crippen molar-refractivity contribution in [3.63, 3.8) is 0 Å². The maximum absolute atomic E-state index is 12.9. The molecule has 8 nitrogen and oxygen atoms in total. The Bertz CT molecular complexity index is 967. The summed E-state index contributed by atoms with van der Waals surface area (Å²) >= 11 is 5.99. The molecule has 1 saturated heterocycles. The second-order valence-corrected chi connectivity index (χ2v) is 6.80. The van der Waals surface area contributed by atoms with Gasteiger partial charge in [-0.1, -0.05) is 16.8 Å². The molecular weight excluding hydrogens is 344 g/mol. The standard InChI is InChI=1S/C16H15ClN6O2/c17-10-1-2-15-19-12(7-22(15)6-10)16(24)21-4-3-13-14(8-21)25-9-11-5-18-20-23(11)13/h1-2,5-7,13-14H,3-4,8-9H2/t13-,14-/m0/s1. The summed E-state index contributed by atoms with van der Waals surface area (Å²) in [6.45, 7) is 1.64. The van der Waals surface area contributed by atoms with Gasteiger partial charge in [-0.3, -0.25) is 4.79 Å². The van der Waals surface area contributed by atoms with Crippen molar-refractivity contribution in [2.75, 3.05) is 13.1 Å². The van der Waals surface area contributed by atoms with Gasteiger partial charge in [0.25, 0.3) is 5.91 Å². The first-order valence-electron chi connectivity index (χ1n) is 8.13. The van der Waals surface area contributed by atoms with Gasteiger partial charge in [0.05, 0.1) is 35.7 Å². The van der Waals surface area contributed by atoms with Gasteiger partial charge >= 0.3 is 0 Å². The van der Waals surface area contributed by atoms with Crippen LogP contribution in [-0.4, -0.2) is 54.4 Å². The number of halogens is 1. The van der Waals surface area contributed by atoms with Crippen LogP contribution < -0.4 is 0 Å². The van der Waals surface area contributed by atoms with Crippen LogP contribution in [0.3, 0.4) is 0 Å². The molecule has 3 aromatic heterocycles. The van der Waals surface area contributed by atoms with E-state index in [1.807, 2.05) is 4.68 Å². The highest BCUT2D eigenvalue weighted by Crippen LogP contribution is 2.31. The van der Waals surface area contributed by atoms with E-state index in [0.717, 1.165) is 12.1 Å². The minimum atomic E-state index is -0.0914. The first-order valence-corrected chi connectivity index (χ1v) is 8.51. The lowest BCUT2D eigenvalue weighted by Crippen LogP contribution is -2.50. The first kappa shape index (κ1) is 14.9. The molecule has 2 aliphatic heterocycles. The van der Waals surface area contributed by atoms with Gasteiger partial charge in [0.1, 0.15) is 11.3 Å². The van der Waals surface area contributed by atoms with Crippen LogP contribution in [0, 0.1) is 0 Å². The average molecular weight is 359 g/mol. The van der Waals surface area contributed by atoms with E-state index in [1.54, 1.807) is 40.0 Å². The van der Waals surface area contributed by atoms with Crippen LogP contribution in [0.1, 0.15) is 28.6 Å². The fraction of sp³-hybridized carbons (Fsp3) is 0.375. The summed E-state index contributed by atoms with van der Waals surface area (Å²) in [5.74, 6) is -0.0914. The van der Waals surface area contributed by atoms with Crippen LogP contribution in [0.5, 0.6) is 0 Å². The van der Waals surface area contributed by atoms with Crippen LogP contribution in [0.15, 0.2) is 30.7 Å². The maximum atomic E-state index is 12.9. The number of aromatic nitrogens is 5. The smallest absolute Gasteiger partial charge is 0.274 e. The lowest BCUT2D eigenvalue weighted by molar-refractivity contribution is -0.0628. The number of pyridine rings is 1. The van der Waals surface area contributed by atoms with E-state index in [0.29, 0.717) is 36.1 Å². The normalized spacial score (nSPS) is 22.7. The number of imidazole rings is 1. The van der Waals surface area contributed by atoms with Crippen LogP contribution in [-0.2, 0) is 11.3 Å². The number of amides is 1. The van der Waals surface area contributed by atoms with Crippen molar-refractivity contribution in [1.29, 1.82) is 0 Å². The van der Waals surface area contributed by atoms with Crippen molar-refractivity contribution < 1.29 is 9.53 Å². The summed E-state index contributed by atoms with van der Waals surface area (Å²) < 4.78 is 9.62. The molecule has 3 aromatic rings. The van der Waals surface area contributed by atoms with Crippen LogP contribution >= 0.6 is 11.6 Å². The molecule has 0 spiro atoms. The quantitative estimate of drug-likeness (QED) is 0.659. The summed E-state index contributed by atoms with van der Waals surface area (Å²) in [5.41, 5.74) is 2.10. The molecule has 1 fully saturated rings. The summed E-state index contributed by atoms with van der Waals surface area (Å²) in [4.78, 5) is 19.1. The molecule has 128 valence electrons. The topological polar surface area (TPSA) is 77.6 Å². The summed E-state index contributed by atoms with van der Waals surface area (Å²) in [6.07, 6.45) is 5.90. The molecule has 25 heavy (non-hydrogen) atoms. The number of piperidine rings is 1. The highest BCUT2D eigenvalue weighted by atomic mass is 35.5. The largest absolute Gasteiger partial charge is 0.368 e. The molecule has 0 N–H and O–H groups in total. The number of likely N-dealkylation sites (tertiary alicyclic amines) is 1. The average Bonchev–Trinajstić information content (AvgIpc) is 3.26. The fourth-order valence-corrected chi connectivity index (χ4v) is 3.77. The van der Waals surface area contributed by atoms with E-state index < -0.39 is 0 Å². The number of hydrogen-bond donors (Lipinski definition) is 0. The minimum Gasteiger partial charge on any atom is -0.368 e. The number of nitrogens with zero attached hydrogens (tertiary/aromatic N) is 6. The van der Waals surface area contributed by atoms with E-state index in [9.17, 15) is 4.79 Å². The van der Waals surface area contributed by atoms with Gasteiger partial charge < -0.3 is 14.0 Å². The first-order chi connectivity index (χ1) is 12.2. The number of fused-ring (bicyclic) bond motifs is 4. The van der Waals surface area contributed by atoms with E-state index in [-0.39, 0.29) is 18.1 Å². The third kappa shape index (κ3) is 2.40. The van der Waals surface area contributed by atoms with Crippen LogP contribution in [0.4, 0.5) is 0 Å². The monoisotopic (exact) mass is 358 g/mol. The fourth-order valence-electron chi connectivity index (χ4n) is 3.60. The lowest BCUT2D eigenvalue weighted by atomic mass is 10.00. The van der Waals surface area contributed by atoms with E-state index >= 15 is 0 Å². The van der Waals surface area contributed by atoms with Gasteiger partial charge in [0.15, 0.2) is 0 Å². The van der Waals surface area contributed by atoms with E-state index in [1.165, 1.54) is 0 Å². The van der Waals surface area contributed by atoms with Crippen molar-refractivity contribution >= 4 is 23.2 Å². The molecule has 5 rings (SSSR count). The molecule has 0 radical (unpaired) electrons. The number of carbonyl (C=O) groups excluding carboxylic acids is 1. The van der Waals surface area contributed by atoms with Crippen molar-refractivity contribution in [3.05, 3.63) is 47.1 Å². The van der Waals surface area contributed by atoms with Gasteiger partial charge in [0.2, 0.25) is 0 Å². The second kappa shape index (κ2) is 5.53. The molecule has 0 aliphatic carbocycles. The Morgan fingerprint density at radius 1 is 1.32 bits per heavy atom.